The Morgan fingerprint density at radius 3 is 1.92 bits per heavy atom. The number of hydrogen-bond donors (Lipinski definition) is 0. The van der Waals surface area contributed by atoms with Gasteiger partial charge in [0.1, 0.15) is 0 Å². The van der Waals surface area contributed by atoms with Crippen LogP contribution >= 0.6 is 0 Å². The lowest BCUT2D eigenvalue weighted by Gasteiger charge is -2.26. The van der Waals surface area contributed by atoms with E-state index in [0.717, 1.165) is 6.42 Å². The molecule has 0 saturated carbocycles. The highest BCUT2D eigenvalue weighted by Gasteiger charge is 2.16. The molecular formula is C10H22N2O. The van der Waals surface area contributed by atoms with Crippen LogP contribution in [-0.4, -0.2) is 37.1 Å². The lowest BCUT2D eigenvalue weighted by atomic mass is 9.90. The van der Waals surface area contributed by atoms with E-state index in [-0.39, 0.29) is 11.3 Å². The van der Waals surface area contributed by atoms with Crippen molar-refractivity contribution in [3.05, 3.63) is 0 Å². The Labute approximate surface area is 81.7 Å². The molecule has 0 unspecified atom stereocenters. The molecule has 1 amide bonds. The number of nitrogens with zero attached hydrogens (tertiary/aromatic N) is 2. The lowest BCUT2D eigenvalue weighted by Crippen LogP contribution is -2.38. The van der Waals surface area contributed by atoms with E-state index in [0.29, 0.717) is 6.42 Å². The van der Waals surface area contributed by atoms with Crippen molar-refractivity contribution < 1.29 is 4.79 Å². The van der Waals surface area contributed by atoms with Crippen molar-refractivity contribution in [2.75, 3.05) is 21.1 Å². The van der Waals surface area contributed by atoms with Crippen molar-refractivity contribution in [2.45, 2.75) is 33.6 Å². The molecule has 3 heteroatoms. The Morgan fingerprint density at radius 2 is 1.62 bits per heavy atom. The Hall–Kier alpha value is -0.570. The fourth-order valence-electron chi connectivity index (χ4n) is 0.867. The van der Waals surface area contributed by atoms with Gasteiger partial charge >= 0.3 is 0 Å². The van der Waals surface area contributed by atoms with Crippen LogP contribution in [0.25, 0.3) is 0 Å². The summed E-state index contributed by atoms with van der Waals surface area (Å²) in [4.78, 5) is 11.5. The van der Waals surface area contributed by atoms with Gasteiger partial charge in [-0.15, -0.1) is 0 Å². The molecule has 13 heavy (non-hydrogen) atoms. The number of hydrazine groups is 1. The van der Waals surface area contributed by atoms with Gasteiger partial charge in [-0.3, -0.25) is 9.80 Å². The van der Waals surface area contributed by atoms with E-state index in [1.807, 2.05) is 14.1 Å². The second-order valence-corrected chi connectivity index (χ2v) is 4.83. The second kappa shape index (κ2) is 4.61. The van der Waals surface area contributed by atoms with E-state index in [1.54, 1.807) is 17.1 Å². The zero-order valence-electron chi connectivity index (χ0n) is 9.72. The molecule has 0 bridgehead atoms. The van der Waals surface area contributed by atoms with Crippen molar-refractivity contribution in [3.8, 4) is 0 Å². The highest BCUT2D eigenvalue weighted by molar-refractivity contribution is 5.75. The molecular weight excluding hydrogens is 164 g/mol. The van der Waals surface area contributed by atoms with E-state index in [9.17, 15) is 4.79 Å². The maximum absolute atomic E-state index is 11.5. The average Bonchev–Trinajstić information content (AvgIpc) is 1.97. The van der Waals surface area contributed by atoms with Crippen LogP contribution in [0.5, 0.6) is 0 Å². The van der Waals surface area contributed by atoms with Crippen molar-refractivity contribution in [1.29, 1.82) is 0 Å². The maximum atomic E-state index is 11.5. The minimum absolute atomic E-state index is 0.180. The third-order valence-corrected chi connectivity index (χ3v) is 2.05. The minimum atomic E-state index is 0.180. The number of carbonyl (C=O) groups excluding carboxylic acids is 1. The van der Waals surface area contributed by atoms with Crippen LogP contribution in [0.4, 0.5) is 0 Å². The van der Waals surface area contributed by atoms with Crippen LogP contribution in [0, 0.1) is 5.41 Å². The van der Waals surface area contributed by atoms with Crippen LogP contribution in [0.2, 0.25) is 0 Å². The van der Waals surface area contributed by atoms with Gasteiger partial charge in [-0.25, -0.2) is 5.01 Å². The van der Waals surface area contributed by atoms with Crippen LogP contribution < -0.4 is 0 Å². The van der Waals surface area contributed by atoms with Gasteiger partial charge in [-0.1, -0.05) is 20.8 Å². The molecule has 3 nitrogen and oxygen atoms in total. The lowest BCUT2D eigenvalue weighted by molar-refractivity contribution is -0.142. The van der Waals surface area contributed by atoms with Gasteiger partial charge in [0.15, 0.2) is 0 Å². The van der Waals surface area contributed by atoms with Crippen molar-refractivity contribution in [1.82, 2.24) is 10.0 Å². The molecule has 0 aliphatic carbocycles. The van der Waals surface area contributed by atoms with E-state index in [2.05, 4.69) is 20.8 Å². The predicted octanol–water partition coefficient (Wildman–Crippen LogP) is 1.75. The Balaban J connectivity index is 3.89. The summed E-state index contributed by atoms with van der Waals surface area (Å²) < 4.78 is 0. The van der Waals surface area contributed by atoms with Gasteiger partial charge in [-0.2, -0.15) is 0 Å². The normalized spacial score (nSPS) is 11.9. The highest BCUT2D eigenvalue weighted by atomic mass is 16.2. The molecule has 0 fully saturated rings. The first-order valence-corrected chi connectivity index (χ1v) is 4.68. The summed E-state index contributed by atoms with van der Waals surface area (Å²) in [5.74, 6) is 0.180. The summed E-state index contributed by atoms with van der Waals surface area (Å²) in [6.45, 7) is 6.45. The van der Waals surface area contributed by atoms with Gasteiger partial charge in [0.25, 0.3) is 0 Å². The third kappa shape index (κ3) is 5.64. The zero-order chi connectivity index (χ0) is 10.6. The molecule has 0 heterocycles. The smallest absolute Gasteiger partial charge is 0.236 e. The SMILES string of the molecule is CN(C)N(C)C(=O)CCC(C)(C)C. The number of carbonyl (C=O) groups is 1. The van der Waals surface area contributed by atoms with Gasteiger partial charge in [0.05, 0.1) is 0 Å². The first kappa shape index (κ1) is 12.4. The molecule has 0 N–H and O–H groups in total. The van der Waals surface area contributed by atoms with Crippen LogP contribution in [0.1, 0.15) is 33.6 Å². The summed E-state index contributed by atoms with van der Waals surface area (Å²) in [7, 11) is 5.54. The number of rotatable bonds is 3. The summed E-state index contributed by atoms with van der Waals surface area (Å²) >= 11 is 0. The molecule has 0 radical (unpaired) electrons. The van der Waals surface area contributed by atoms with Crippen LogP contribution in [0.3, 0.4) is 0 Å². The van der Waals surface area contributed by atoms with E-state index < -0.39 is 0 Å². The molecule has 0 aromatic heterocycles. The summed E-state index contributed by atoms with van der Waals surface area (Å²) in [6, 6.07) is 0. The fourth-order valence-corrected chi connectivity index (χ4v) is 0.867. The average molecular weight is 186 g/mol. The fraction of sp³-hybridized carbons (Fsp3) is 0.900. The predicted molar refractivity (Wildman–Crippen MR) is 55.1 cm³/mol. The first-order chi connectivity index (χ1) is 5.74. The van der Waals surface area contributed by atoms with Gasteiger partial charge in [0, 0.05) is 27.6 Å². The topological polar surface area (TPSA) is 23.6 Å². The third-order valence-electron chi connectivity index (χ3n) is 2.05. The summed E-state index contributed by atoms with van der Waals surface area (Å²) in [5, 5.41) is 3.44. The molecule has 78 valence electrons. The Kier molecular flexibility index (Phi) is 4.40. The monoisotopic (exact) mass is 186 g/mol. The van der Waals surface area contributed by atoms with Gasteiger partial charge in [-0.05, 0) is 11.8 Å². The molecule has 0 saturated heterocycles. The number of hydrogen-bond acceptors (Lipinski definition) is 2. The van der Waals surface area contributed by atoms with E-state index in [4.69, 9.17) is 0 Å². The summed E-state index contributed by atoms with van der Waals surface area (Å²) in [5.41, 5.74) is 0.239. The zero-order valence-corrected chi connectivity index (χ0v) is 9.72. The Bertz CT molecular complexity index is 170. The van der Waals surface area contributed by atoms with Crippen molar-refractivity contribution in [3.63, 3.8) is 0 Å². The Morgan fingerprint density at radius 1 is 1.15 bits per heavy atom. The van der Waals surface area contributed by atoms with Gasteiger partial charge < -0.3 is 0 Å². The molecule has 0 aliphatic heterocycles. The van der Waals surface area contributed by atoms with Crippen LogP contribution in [0.15, 0.2) is 0 Å². The highest BCUT2D eigenvalue weighted by Crippen LogP contribution is 2.20. The van der Waals surface area contributed by atoms with Crippen molar-refractivity contribution >= 4 is 5.91 Å². The second-order valence-electron chi connectivity index (χ2n) is 4.83. The molecule has 0 aliphatic rings. The summed E-state index contributed by atoms with van der Waals surface area (Å²) in [6.07, 6.45) is 1.56. The van der Waals surface area contributed by atoms with Crippen molar-refractivity contribution in [2.24, 2.45) is 5.41 Å². The molecule has 0 aromatic carbocycles. The molecule has 0 spiro atoms. The maximum Gasteiger partial charge on any atom is 0.236 e. The first-order valence-electron chi connectivity index (χ1n) is 4.68. The van der Waals surface area contributed by atoms with E-state index >= 15 is 0 Å². The molecule has 0 atom stereocenters. The van der Waals surface area contributed by atoms with E-state index in [1.165, 1.54) is 0 Å². The quantitative estimate of drug-likeness (QED) is 0.627. The molecule has 0 aromatic rings. The number of amides is 1. The standard InChI is InChI=1S/C10H22N2O/c1-10(2,3)8-7-9(13)12(6)11(4)5/h7-8H2,1-6H3. The van der Waals surface area contributed by atoms with Gasteiger partial charge in [0.2, 0.25) is 5.91 Å². The largest absolute Gasteiger partial charge is 0.279 e. The molecule has 0 rings (SSSR count). The minimum Gasteiger partial charge on any atom is -0.279 e. The van der Waals surface area contributed by atoms with Crippen LogP contribution in [-0.2, 0) is 4.79 Å².